The second kappa shape index (κ2) is 9.20. The van der Waals surface area contributed by atoms with E-state index in [4.69, 9.17) is 9.47 Å². The number of hydrogen-bond donors (Lipinski definition) is 1. The van der Waals surface area contributed by atoms with Crippen LogP contribution in [0.15, 0.2) is 78.4 Å². The molecule has 4 rings (SSSR count). The van der Waals surface area contributed by atoms with Gasteiger partial charge in [-0.1, -0.05) is 54.6 Å². The van der Waals surface area contributed by atoms with Gasteiger partial charge < -0.3 is 19.5 Å². The standard InChI is InChI=1S/C27H25NO5/c1-17-10-4-6-12-19(17)24-23(25(29)20-13-7-9-15-22(20)33-3)26(30)27(31)28(24)16-18-11-5-8-14-21(18)32-2/h4-15,24,29H,16H2,1-3H3/b25-23+. The summed E-state index contributed by atoms with van der Waals surface area (Å²) < 4.78 is 10.8. The third-order valence-electron chi connectivity index (χ3n) is 5.92. The van der Waals surface area contributed by atoms with Gasteiger partial charge in [-0.2, -0.15) is 0 Å². The summed E-state index contributed by atoms with van der Waals surface area (Å²) in [5.41, 5.74) is 2.82. The van der Waals surface area contributed by atoms with Gasteiger partial charge in [0.1, 0.15) is 17.3 Å². The van der Waals surface area contributed by atoms with Crippen LogP contribution in [-0.4, -0.2) is 35.9 Å². The lowest BCUT2D eigenvalue weighted by Gasteiger charge is -2.27. The number of aliphatic hydroxyl groups excluding tert-OH is 1. The smallest absolute Gasteiger partial charge is 0.295 e. The van der Waals surface area contributed by atoms with E-state index in [9.17, 15) is 14.7 Å². The van der Waals surface area contributed by atoms with Crippen molar-refractivity contribution in [2.45, 2.75) is 19.5 Å². The Morgan fingerprint density at radius 2 is 1.48 bits per heavy atom. The predicted octanol–water partition coefficient (Wildman–Crippen LogP) is 4.63. The van der Waals surface area contributed by atoms with Crippen LogP contribution in [-0.2, 0) is 16.1 Å². The molecule has 1 aliphatic rings. The fraction of sp³-hybridized carbons (Fsp3) is 0.185. The summed E-state index contributed by atoms with van der Waals surface area (Å²) in [5.74, 6) is -0.643. The molecule has 1 N–H and O–H groups in total. The maximum absolute atomic E-state index is 13.3. The van der Waals surface area contributed by atoms with Crippen molar-refractivity contribution < 1.29 is 24.2 Å². The van der Waals surface area contributed by atoms with E-state index in [1.165, 1.54) is 12.0 Å². The Kier molecular flexibility index (Phi) is 6.18. The molecule has 6 heteroatoms. The molecule has 1 saturated heterocycles. The molecule has 0 radical (unpaired) electrons. The maximum atomic E-state index is 13.3. The topological polar surface area (TPSA) is 76.1 Å². The number of aryl methyl sites for hydroxylation is 1. The summed E-state index contributed by atoms with van der Waals surface area (Å²) in [7, 11) is 3.05. The van der Waals surface area contributed by atoms with Gasteiger partial charge in [-0.05, 0) is 36.2 Å². The molecule has 168 valence electrons. The largest absolute Gasteiger partial charge is 0.507 e. The summed E-state index contributed by atoms with van der Waals surface area (Å²) in [6, 6.07) is 21.0. The van der Waals surface area contributed by atoms with E-state index < -0.39 is 17.7 Å². The van der Waals surface area contributed by atoms with E-state index in [0.29, 0.717) is 17.1 Å². The fourth-order valence-corrected chi connectivity index (χ4v) is 4.26. The zero-order valence-corrected chi connectivity index (χ0v) is 18.7. The summed E-state index contributed by atoms with van der Waals surface area (Å²) in [4.78, 5) is 28.0. The molecular weight excluding hydrogens is 418 g/mol. The lowest BCUT2D eigenvalue weighted by atomic mass is 9.92. The van der Waals surface area contributed by atoms with Crippen LogP contribution in [0.3, 0.4) is 0 Å². The van der Waals surface area contributed by atoms with Gasteiger partial charge in [-0.25, -0.2) is 0 Å². The molecular formula is C27H25NO5. The average molecular weight is 443 g/mol. The SMILES string of the molecule is COc1ccccc1CN1C(=O)C(=O)/C(=C(/O)c2ccccc2OC)C1c1ccccc1C. The molecule has 0 bridgehead atoms. The zero-order valence-electron chi connectivity index (χ0n) is 18.7. The molecule has 0 aromatic heterocycles. The first-order chi connectivity index (χ1) is 16.0. The van der Waals surface area contributed by atoms with Crippen molar-refractivity contribution in [3.05, 3.63) is 101 Å². The van der Waals surface area contributed by atoms with Gasteiger partial charge in [0, 0.05) is 5.56 Å². The number of amides is 1. The summed E-state index contributed by atoms with van der Waals surface area (Å²) in [5, 5.41) is 11.3. The van der Waals surface area contributed by atoms with Crippen molar-refractivity contribution in [2.75, 3.05) is 14.2 Å². The number of Topliss-reactive ketones (excluding diaryl/α,β-unsaturated/α-hetero) is 1. The van der Waals surface area contributed by atoms with Crippen LogP contribution >= 0.6 is 0 Å². The lowest BCUT2D eigenvalue weighted by molar-refractivity contribution is -0.140. The van der Waals surface area contributed by atoms with Crippen molar-refractivity contribution in [1.82, 2.24) is 4.90 Å². The Labute approximate surface area is 192 Å². The zero-order chi connectivity index (χ0) is 23.5. The fourth-order valence-electron chi connectivity index (χ4n) is 4.26. The first kappa shape index (κ1) is 22.1. The highest BCUT2D eigenvalue weighted by molar-refractivity contribution is 6.46. The monoisotopic (exact) mass is 443 g/mol. The number of rotatable bonds is 6. The number of carbonyl (C=O) groups excluding carboxylic acids is 2. The Hall–Kier alpha value is -4.06. The van der Waals surface area contributed by atoms with E-state index in [1.54, 1.807) is 31.4 Å². The molecule has 33 heavy (non-hydrogen) atoms. The molecule has 1 atom stereocenters. The number of benzene rings is 3. The van der Waals surface area contributed by atoms with Crippen LogP contribution in [0.25, 0.3) is 5.76 Å². The van der Waals surface area contributed by atoms with Crippen LogP contribution in [0.5, 0.6) is 11.5 Å². The second-order valence-electron chi connectivity index (χ2n) is 7.80. The number of carbonyl (C=O) groups is 2. The van der Waals surface area contributed by atoms with Crippen molar-refractivity contribution in [1.29, 1.82) is 0 Å². The number of methoxy groups -OCH3 is 2. The van der Waals surface area contributed by atoms with E-state index >= 15 is 0 Å². The molecule has 1 fully saturated rings. The summed E-state index contributed by atoms with van der Waals surface area (Å²) >= 11 is 0. The van der Waals surface area contributed by atoms with Crippen molar-refractivity contribution in [2.24, 2.45) is 0 Å². The Bertz CT molecular complexity index is 1250. The molecule has 1 unspecified atom stereocenters. The third-order valence-corrected chi connectivity index (χ3v) is 5.92. The third kappa shape index (κ3) is 3.96. The summed E-state index contributed by atoms with van der Waals surface area (Å²) in [6.07, 6.45) is 0. The lowest BCUT2D eigenvalue weighted by Crippen LogP contribution is -2.29. The number of aliphatic hydroxyl groups is 1. The second-order valence-corrected chi connectivity index (χ2v) is 7.80. The minimum Gasteiger partial charge on any atom is -0.507 e. The van der Waals surface area contributed by atoms with E-state index in [0.717, 1.165) is 16.7 Å². The normalized spacial score (nSPS) is 17.3. The molecule has 0 spiro atoms. The van der Waals surface area contributed by atoms with Crippen LogP contribution < -0.4 is 9.47 Å². The van der Waals surface area contributed by atoms with Gasteiger partial charge in [0.05, 0.1) is 37.9 Å². The molecule has 6 nitrogen and oxygen atoms in total. The van der Waals surface area contributed by atoms with Gasteiger partial charge in [0.15, 0.2) is 0 Å². The van der Waals surface area contributed by atoms with Gasteiger partial charge in [-0.3, -0.25) is 9.59 Å². The first-order valence-electron chi connectivity index (χ1n) is 10.6. The highest BCUT2D eigenvalue weighted by Gasteiger charge is 2.46. The van der Waals surface area contributed by atoms with Gasteiger partial charge in [0.25, 0.3) is 11.7 Å². The van der Waals surface area contributed by atoms with Crippen LogP contribution in [0, 0.1) is 6.92 Å². The quantitative estimate of drug-likeness (QED) is 0.341. The number of hydrogen-bond acceptors (Lipinski definition) is 5. The van der Waals surface area contributed by atoms with Crippen LogP contribution in [0.2, 0.25) is 0 Å². The molecule has 3 aromatic carbocycles. The Morgan fingerprint density at radius 3 is 2.18 bits per heavy atom. The number of nitrogens with zero attached hydrogens (tertiary/aromatic N) is 1. The Morgan fingerprint density at radius 1 is 0.879 bits per heavy atom. The minimum absolute atomic E-state index is 0.0358. The van der Waals surface area contributed by atoms with E-state index in [2.05, 4.69) is 0 Å². The number of para-hydroxylation sites is 2. The van der Waals surface area contributed by atoms with Crippen LogP contribution in [0.1, 0.15) is 28.3 Å². The average Bonchev–Trinajstić information content (AvgIpc) is 3.09. The molecule has 3 aromatic rings. The minimum atomic E-state index is -0.763. The predicted molar refractivity (Wildman–Crippen MR) is 125 cm³/mol. The van der Waals surface area contributed by atoms with Gasteiger partial charge in [-0.15, -0.1) is 0 Å². The van der Waals surface area contributed by atoms with E-state index in [1.807, 2.05) is 55.5 Å². The van der Waals surface area contributed by atoms with E-state index in [-0.39, 0.29) is 17.9 Å². The molecule has 0 aliphatic carbocycles. The van der Waals surface area contributed by atoms with Gasteiger partial charge in [0.2, 0.25) is 0 Å². The highest BCUT2D eigenvalue weighted by atomic mass is 16.5. The Balaban J connectivity index is 1.92. The first-order valence-corrected chi connectivity index (χ1v) is 10.6. The highest BCUT2D eigenvalue weighted by Crippen LogP contribution is 2.43. The molecule has 1 aliphatic heterocycles. The van der Waals surface area contributed by atoms with Crippen LogP contribution in [0.4, 0.5) is 0 Å². The van der Waals surface area contributed by atoms with Crippen molar-refractivity contribution >= 4 is 17.4 Å². The number of ether oxygens (including phenoxy) is 2. The summed E-state index contributed by atoms with van der Waals surface area (Å²) in [6.45, 7) is 2.07. The molecule has 0 saturated carbocycles. The maximum Gasteiger partial charge on any atom is 0.295 e. The molecule has 1 heterocycles. The molecule has 1 amide bonds. The number of likely N-dealkylation sites (tertiary alicyclic amines) is 1. The van der Waals surface area contributed by atoms with Crippen molar-refractivity contribution in [3.8, 4) is 11.5 Å². The van der Waals surface area contributed by atoms with Gasteiger partial charge >= 0.3 is 0 Å². The van der Waals surface area contributed by atoms with Crippen molar-refractivity contribution in [3.63, 3.8) is 0 Å². The number of ketones is 1.